The topological polar surface area (TPSA) is 60.7 Å². The van der Waals surface area contributed by atoms with Gasteiger partial charge in [0.05, 0.1) is 0 Å². The number of rotatable bonds is 0. The van der Waals surface area contributed by atoms with Crippen molar-refractivity contribution in [1.29, 1.82) is 0 Å². The van der Waals surface area contributed by atoms with Crippen molar-refractivity contribution in [3.05, 3.63) is 35.4 Å². The molecule has 0 heterocycles. The fraction of sp³-hybridized carbons (Fsp3) is 0.250. The average Bonchev–Trinajstić information content (AvgIpc) is 1.84. The molecule has 0 fully saturated rings. The van der Waals surface area contributed by atoms with Gasteiger partial charge in [0.1, 0.15) is 0 Å². The van der Waals surface area contributed by atoms with Gasteiger partial charge >= 0.3 is 26.2 Å². The van der Waals surface area contributed by atoms with E-state index in [1.54, 1.807) is 0 Å². The van der Waals surface area contributed by atoms with Crippen LogP contribution in [0.1, 0.15) is 11.1 Å². The summed E-state index contributed by atoms with van der Waals surface area (Å²) in [6.07, 6.45) is 0. The van der Waals surface area contributed by atoms with E-state index in [0.717, 1.165) is 0 Å². The van der Waals surface area contributed by atoms with E-state index in [9.17, 15) is 0 Å². The molecule has 0 radical (unpaired) electrons. The van der Waals surface area contributed by atoms with Crippen molar-refractivity contribution in [2.24, 2.45) is 0 Å². The van der Waals surface area contributed by atoms with Crippen LogP contribution in [0.4, 0.5) is 0 Å². The number of hydrogen-bond acceptors (Lipinski definition) is 3. The fourth-order valence-electron chi connectivity index (χ4n) is 0.736. The Morgan fingerprint density at radius 3 is 1.92 bits per heavy atom. The molecule has 0 amide bonds. The summed E-state index contributed by atoms with van der Waals surface area (Å²) in [4.78, 5) is 0. The Hall–Kier alpha value is -0.238. The normalized spacial score (nSPS) is 7.77. The minimum Gasteiger partial charge on any atom is -0.402 e. The molecule has 3 N–H and O–H groups in total. The maximum absolute atomic E-state index is 7.17. The van der Waals surface area contributed by atoms with Gasteiger partial charge in [-0.05, 0) is 0 Å². The van der Waals surface area contributed by atoms with E-state index in [4.69, 9.17) is 15.1 Å². The molecule has 0 aliphatic carbocycles. The van der Waals surface area contributed by atoms with Crippen molar-refractivity contribution in [2.45, 2.75) is 13.8 Å². The third kappa shape index (κ3) is 11.8. The minimum absolute atomic E-state index is 0. The average molecular weight is 174 g/mol. The van der Waals surface area contributed by atoms with Crippen LogP contribution >= 0.6 is 0 Å². The molecule has 1 aromatic rings. The van der Waals surface area contributed by atoms with Crippen molar-refractivity contribution >= 4 is 7.32 Å². The van der Waals surface area contributed by atoms with Crippen molar-refractivity contribution in [2.75, 3.05) is 0 Å². The zero-order valence-corrected chi connectivity index (χ0v) is 8.15. The Kier molecular flexibility index (Phi) is 9.81. The first-order valence-electron chi connectivity index (χ1n) is 3.51. The van der Waals surface area contributed by atoms with E-state index in [2.05, 4.69) is 19.1 Å². The number of benzene rings is 1. The van der Waals surface area contributed by atoms with Gasteiger partial charge < -0.3 is 15.1 Å². The van der Waals surface area contributed by atoms with Crippen LogP contribution < -0.4 is 18.9 Å². The van der Waals surface area contributed by atoms with Gasteiger partial charge in [-0.25, -0.2) is 0 Å². The van der Waals surface area contributed by atoms with Gasteiger partial charge in [0.25, 0.3) is 0 Å². The summed E-state index contributed by atoms with van der Waals surface area (Å²) in [5.74, 6) is 0. The van der Waals surface area contributed by atoms with E-state index in [1.165, 1.54) is 11.1 Å². The SMILES string of the molecule is Cc1[c-]ccc(C)c1.OB(O)O.[Li+]. The molecule has 0 atom stereocenters. The molecule has 1 rings (SSSR count). The Morgan fingerprint density at radius 2 is 1.69 bits per heavy atom. The Morgan fingerprint density at radius 1 is 1.23 bits per heavy atom. The van der Waals surface area contributed by atoms with Crippen LogP contribution in [0.3, 0.4) is 0 Å². The Balaban J connectivity index is 0. The molecule has 0 saturated carbocycles. The smallest absolute Gasteiger partial charge is 0.402 e. The van der Waals surface area contributed by atoms with Crippen LogP contribution in [-0.4, -0.2) is 22.4 Å². The standard InChI is InChI=1S/C8H9.BH3O3.Li/c1-7-4-3-5-8(2)6-7;2-1(3)4;/h3-4,6H,1-2H3;2-4H;/q-1;;+1. The van der Waals surface area contributed by atoms with Crippen LogP contribution in [0, 0.1) is 19.9 Å². The summed E-state index contributed by atoms with van der Waals surface area (Å²) in [6.45, 7) is 4.13. The molecular weight excluding hydrogens is 162 g/mol. The maximum atomic E-state index is 7.17. The third-order valence-corrected chi connectivity index (χ3v) is 1.10. The fourth-order valence-corrected chi connectivity index (χ4v) is 0.736. The second-order valence-electron chi connectivity index (χ2n) is 2.40. The first-order valence-corrected chi connectivity index (χ1v) is 3.51. The maximum Gasteiger partial charge on any atom is 1.00 e. The van der Waals surface area contributed by atoms with E-state index >= 15 is 0 Å². The first kappa shape index (κ1) is 15.2. The van der Waals surface area contributed by atoms with Crippen molar-refractivity contribution in [1.82, 2.24) is 0 Å². The van der Waals surface area contributed by atoms with E-state index in [0.29, 0.717) is 0 Å². The molecule has 0 saturated heterocycles. The number of hydrogen-bond donors (Lipinski definition) is 3. The van der Waals surface area contributed by atoms with Gasteiger partial charge in [0, 0.05) is 0 Å². The molecule has 1 aromatic carbocycles. The van der Waals surface area contributed by atoms with Gasteiger partial charge in [-0.15, -0.1) is 0 Å². The quantitative estimate of drug-likeness (QED) is 0.291. The second-order valence-corrected chi connectivity index (χ2v) is 2.40. The molecule has 66 valence electrons. The zero-order chi connectivity index (χ0) is 9.56. The molecule has 0 unspecified atom stereocenters. The van der Waals surface area contributed by atoms with Crippen molar-refractivity contribution < 1.29 is 33.9 Å². The van der Waals surface area contributed by atoms with E-state index in [1.807, 2.05) is 19.1 Å². The van der Waals surface area contributed by atoms with E-state index in [-0.39, 0.29) is 18.9 Å². The van der Waals surface area contributed by atoms with Gasteiger partial charge in [-0.1, -0.05) is 13.8 Å². The van der Waals surface area contributed by atoms with Crippen molar-refractivity contribution in [3.63, 3.8) is 0 Å². The predicted octanol–water partition coefficient (Wildman–Crippen LogP) is -2.94. The summed E-state index contributed by atoms with van der Waals surface area (Å²) < 4.78 is 0. The second kappa shape index (κ2) is 8.36. The van der Waals surface area contributed by atoms with Crippen LogP contribution in [0.2, 0.25) is 0 Å². The monoisotopic (exact) mass is 174 g/mol. The van der Waals surface area contributed by atoms with Crippen molar-refractivity contribution in [3.8, 4) is 0 Å². The first-order chi connectivity index (χ1) is 5.52. The molecule has 0 aliphatic rings. The van der Waals surface area contributed by atoms with E-state index < -0.39 is 7.32 Å². The molecule has 0 spiro atoms. The Labute approximate surface area is 90.8 Å². The molecule has 0 aliphatic heterocycles. The van der Waals surface area contributed by atoms with Gasteiger partial charge in [0.2, 0.25) is 0 Å². The summed E-state index contributed by atoms with van der Waals surface area (Å²) in [5, 5.41) is 21.5. The Bertz CT molecular complexity index is 210. The summed E-state index contributed by atoms with van der Waals surface area (Å²) >= 11 is 0. The zero-order valence-electron chi connectivity index (χ0n) is 8.15. The molecular formula is C8H12BLiO3. The van der Waals surface area contributed by atoms with Crippen LogP contribution in [0.15, 0.2) is 18.2 Å². The molecule has 3 nitrogen and oxygen atoms in total. The molecule has 13 heavy (non-hydrogen) atoms. The van der Waals surface area contributed by atoms with Gasteiger partial charge in [-0.3, -0.25) is 0 Å². The van der Waals surface area contributed by atoms with Gasteiger partial charge in [-0.2, -0.15) is 35.4 Å². The molecule has 5 heteroatoms. The molecule has 0 bridgehead atoms. The van der Waals surface area contributed by atoms with Gasteiger partial charge in [0.15, 0.2) is 0 Å². The van der Waals surface area contributed by atoms with Crippen LogP contribution in [0.25, 0.3) is 0 Å². The number of aryl methyl sites for hydroxylation is 2. The largest absolute Gasteiger partial charge is 1.00 e. The summed E-state index contributed by atoms with van der Waals surface area (Å²) in [6, 6.07) is 9.18. The summed E-state index contributed by atoms with van der Waals surface area (Å²) in [7, 11) is -2.17. The third-order valence-electron chi connectivity index (χ3n) is 1.10. The minimum atomic E-state index is -2.17. The predicted molar refractivity (Wildman–Crippen MR) is 47.2 cm³/mol. The van der Waals surface area contributed by atoms with Crippen LogP contribution in [-0.2, 0) is 0 Å². The molecule has 0 aromatic heterocycles. The van der Waals surface area contributed by atoms with Crippen LogP contribution in [0.5, 0.6) is 0 Å². The summed E-state index contributed by atoms with van der Waals surface area (Å²) in [5.41, 5.74) is 2.52.